The van der Waals surface area contributed by atoms with Crippen molar-refractivity contribution in [2.24, 2.45) is 0 Å². The predicted octanol–water partition coefficient (Wildman–Crippen LogP) is 4.33. The van der Waals surface area contributed by atoms with Crippen molar-refractivity contribution in [1.29, 1.82) is 0 Å². The average Bonchev–Trinajstić information content (AvgIpc) is 2.81. The molecule has 0 radical (unpaired) electrons. The zero-order chi connectivity index (χ0) is 13.8. The summed E-state index contributed by atoms with van der Waals surface area (Å²) >= 11 is 1.76. The highest BCUT2D eigenvalue weighted by atomic mass is 32.1. The first-order valence-corrected chi connectivity index (χ1v) is 8.11. The van der Waals surface area contributed by atoms with Gasteiger partial charge in [0.15, 0.2) is 0 Å². The second-order valence-electron chi connectivity index (χ2n) is 5.74. The Balaban J connectivity index is 2.16. The Morgan fingerprint density at radius 1 is 1.37 bits per heavy atom. The van der Waals surface area contributed by atoms with Crippen LogP contribution in [0.1, 0.15) is 79.8 Å². The van der Waals surface area contributed by atoms with Crippen molar-refractivity contribution in [3.63, 3.8) is 0 Å². The Morgan fingerprint density at radius 3 is 2.63 bits per heavy atom. The summed E-state index contributed by atoms with van der Waals surface area (Å²) in [5.74, 6) is 0.287. The normalized spacial score (nSPS) is 17.0. The smallest absolute Gasteiger partial charge is 0.303 e. The molecule has 1 aromatic rings. The van der Waals surface area contributed by atoms with Gasteiger partial charge in [-0.05, 0) is 25.2 Å². The SMILES string of the molecule is CC(C)c1nc(C2CCCCC2)sc1CCC(=O)O. The topological polar surface area (TPSA) is 50.2 Å². The monoisotopic (exact) mass is 281 g/mol. The number of thiazole rings is 1. The number of hydrogen-bond donors (Lipinski definition) is 1. The number of carbonyl (C=O) groups is 1. The fourth-order valence-electron chi connectivity index (χ4n) is 2.76. The molecule has 106 valence electrons. The number of aliphatic carboxylic acids is 1. The van der Waals surface area contributed by atoms with Crippen LogP contribution in [0.25, 0.3) is 0 Å². The van der Waals surface area contributed by atoms with E-state index in [1.54, 1.807) is 11.3 Å². The summed E-state index contributed by atoms with van der Waals surface area (Å²) in [6.07, 6.45) is 7.33. The molecule has 1 aliphatic carbocycles. The largest absolute Gasteiger partial charge is 0.481 e. The number of nitrogens with zero attached hydrogens (tertiary/aromatic N) is 1. The molecule has 0 unspecified atom stereocenters. The van der Waals surface area contributed by atoms with Gasteiger partial charge in [-0.15, -0.1) is 11.3 Å². The van der Waals surface area contributed by atoms with Gasteiger partial charge in [-0.25, -0.2) is 4.98 Å². The van der Waals surface area contributed by atoms with Gasteiger partial charge < -0.3 is 5.11 Å². The summed E-state index contributed by atoms with van der Waals surface area (Å²) in [6.45, 7) is 4.29. The van der Waals surface area contributed by atoms with E-state index in [2.05, 4.69) is 13.8 Å². The number of aryl methyl sites for hydroxylation is 1. The highest BCUT2D eigenvalue weighted by Crippen LogP contribution is 2.37. The summed E-state index contributed by atoms with van der Waals surface area (Å²) in [6, 6.07) is 0. The molecule has 1 fully saturated rings. The van der Waals surface area contributed by atoms with Crippen molar-refractivity contribution >= 4 is 17.3 Å². The van der Waals surface area contributed by atoms with Crippen molar-refractivity contribution in [3.8, 4) is 0 Å². The fourth-order valence-corrected chi connectivity index (χ4v) is 4.15. The summed E-state index contributed by atoms with van der Waals surface area (Å²) in [5, 5.41) is 10.1. The molecule has 0 saturated heterocycles. The van der Waals surface area contributed by atoms with Gasteiger partial charge in [-0.1, -0.05) is 33.1 Å². The van der Waals surface area contributed by atoms with Gasteiger partial charge in [-0.2, -0.15) is 0 Å². The van der Waals surface area contributed by atoms with Crippen molar-refractivity contribution in [2.75, 3.05) is 0 Å². The van der Waals surface area contributed by atoms with Crippen LogP contribution in [0.15, 0.2) is 0 Å². The molecule has 2 rings (SSSR count). The third-order valence-corrected chi connectivity index (χ3v) is 5.10. The molecular formula is C15H23NO2S. The van der Waals surface area contributed by atoms with Gasteiger partial charge in [0.05, 0.1) is 17.1 Å². The van der Waals surface area contributed by atoms with Gasteiger partial charge in [0.25, 0.3) is 0 Å². The Labute approximate surface area is 119 Å². The minimum Gasteiger partial charge on any atom is -0.481 e. The second-order valence-corrected chi connectivity index (χ2v) is 6.86. The number of aromatic nitrogens is 1. The quantitative estimate of drug-likeness (QED) is 0.873. The first-order chi connectivity index (χ1) is 9.08. The molecule has 4 heteroatoms. The Kier molecular flexibility index (Phi) is 4.97. The maximum absolute atomic E-state index is 10.7. The van der Waals surface area contributed by atoms with E-state index >= 15 is 0 Å². The second kappa shape index (κ2) is 6.51. The molecule has 19 heavy (non-hydrogen) atoms. The van der Waals surface area contributed by atoms with Crippen molar-refractivity contribution in [1.82, 2.24) is 4.98 Å². The van der Waals surface area contributed by atoms with Gasteiger partial charge in [0, 0.05) is 10.8 Å². The first kappa shape index (κ1) is 14.5. The molecule has 0 bridgehead atoms. The summed E-state index contributed by atoms with van der Waals surface area (Å²) < 4.78 is 0. The van der Waals surface area contributed by atoms with E-state index in [1.807, 2.05) is 0 Å². The predicted molar refractivity (Wildman–Crippen MR) is 78.0 cm³/mol. The maximum Gasteiger partial charge on any atom is 0.303 e. The number of hydrogen-bond acceptors (Lipinski definition) is 3. The molecule has 1 aromatic heterocycles. The molecule has 0 aromatic carbocycles. The van der Waals surface area contributed by atoms with Crippen LogP contribution >= 0.6 is 11.3 Å². The van der Waals surface area contributed by atoms with Crippen LogP contribution in [0.3, 0.4) is 0 Å². The lowest BCUT2D eigenvalue weighted by molar-refractivity contribution is -0.136. The van der Waals surface area contributed by atoms with Gasteiger partial charge in [0.2, 0.25) is 0 Å². The van der Waals surface area contributed by atoms with Gasteiger partial charge in [0.1, 0.15) is 0 Å². The van der Waals surface area contributed by atoms with Crippen LogP contribution in [0.4, 0.5) is 0 Å². The first-order valence-electron chi connectivity index (χ1n) is 7.29. The van der Waals surface area contributed by atoms with Crippen molar-refractivity contribution < 1.29 is 9.90 Å². The van der Waals surface area contributed by atoms with E-state index in [-0.39, 0.29) is 6.42 Å². The molecule has 3 nitrogen and oxygen atoms in total. The van der Waals surface area contributed by atoms with E-state index < -0.39 is 5.97 Å². The van der Waals surface area contributed by atoms with Crippen LogP contribution in [0, 0.1) is 0 Å². The standard InChI is InChI=1S/C15H23NO2S/c1-10(2)14-12(8-9-13(17)18)19-15(16-14)11-6-4-3-5-7-11/h10-11H,3-9H2,1-2H3,(H,17,18). The third kappa shape index (κ3) is 3.78. The molecule has 1 N–H and O–H groups in total. The van der Waals surface area contributed by atoms with E-state index in [4.69, 9.17) is 10.1 Å². The van der Waals surface area contributed by atoms with Crippen molar-refractivity contribution in [3.05, 3.63) is 15.6 Å². The third-order valence-electron chi connectivity index (χ3n) is 3.81. The zero-order valence-corrected chi connectivity index (χ0v) is 12.6. The fraction of sp³-hybridized carbons (Fsp3) is 0.733. The average molecular weight is 281 g/mol. The van der Waals surface area contributed by atoms with Crippen LogP contribution in [0.2, 0.25) is 0 Å². The number of carboxylic acid groups (broad SMARTS) is 1. The molecule has 0 atom stereocenters. The maximum atomic E-state index is 10.7. The van der Waals surface area contributed by atoms with Gasteiger partial charge >= 0.3 is 5.97 Å². The molecule has 1 saturated carbocycles. The van der Waals surface area contributed by atoms with E-state index in [0.29, 0.717) is 18.3 Å². The Morgan fingerprint density at radius 2 is 2.05 bits per heavy atom. The molecular weight excluding hydrogens is 258 g/mol. The minimum atomic E-state index is -0.720. The highest BCUT2D eigenvalue weighted by Gasteiger charge is 2.22. The zero-order valence-electron chi connectivity index (χ0n) is 11.8. The molecule has 0 amide bonds. The highest BCUT2D eigenvalue weighted by molar-refractivity contribution is 7.11. The number of carboxylic acids is 1. The van der Waals surface area contributed by atoms with Crippen LogP contribution < -0.4 is 0 Å². The minimum absolute atomic E-state index is 0.214. The summed E-state index contributed by atoms with van der Waals surface area (Å²) in [5.41, 5.74) is 1.13. The van der Waals surface area contributed by atoms with E-state index in [9.17, 15) is 4.79 Å². The molecule has 0 aliphatic heterocycles. The number of rotatable bonds is 5. The lowest BCUT2D eigenvalue weighted by Gasteiger charge is -2.19. The summed E-state index contributed by atoms with van der Waals surface area (Å²) in [7, 11) is 0. The summed E-state index contributed by atoms with van der Waals surface area (Å²) in [4.78, 5) is 16.8. The van der Waals surface area contributed by atoms with Crippen LogP contribution in [0.5, 0.6) is 0 Å². The van der Waals surface area contributed by atoms with E-state index in [0.717, 1.165) is 5.69 Å². The van der Waals surface area contributed by atoms with Crippen LogP contribution in [-0.2, 0) is 11.2 Å². The lowest BCUT2D eigenvalue weighted by atomic mass is 9.90. The van der Waals surface area contributed by atoms with Crippen LogP contribution in [-0.4, -0.2) is 16.1 Å². The van der Waals surface area contributed by atoms with Gasteiger partial charge in [-0.3, -0.25) is 4.79 Å². The van der Waals surface area contributed by atoms with Crippen molar-refractivity contribution in [2.45, 2.75) is 70.6 Å². The molecule has 0 spiro atoms. The molecule has 1 heterocycles. The lowest BCUT2D eigenvalue weighted by Crippen LogP contribution is -2.04. The Hall–Kier alpha value is -0.900. The van der Waals surface area contributed by atoms with E-state index in [1.165, 1.54) is 42.0 Å². The molecule has 1 aliphatic rings. The Bertz CT molecular complexity index is 433.